The summed E-state index contributed by atoms with van der Waals surface area (Å²) in [4.78, 5) is 15.6. The zero-order valence-electron chi connectivity index (χ0n) is 11.4. The van der Waals surface area contributed by atoms with E-state index in [1.54, 1.807) is 4.90 Å². The maximum absolute atomic E-state index is 12.0. The number of likely N-dealkylation sites (N-methyl/N-ethyl adjacent to an activating group) is 1. The summed E-state index contributed by atoms with van der Waals surface area (Å²) >= 11 is 0. The maximum atomic E-state index is 12.0. The normalized spacial score (nSPS) is 16.8. The van der Waals surface area contributed by atoms with Gasteiger partial charge in [-0.3, -0.25) is 4.79 Å². The van der Waals surface area contributed by atoms with Crippen LogP contribution in [-0.2, 0) is 14.8 Å². The van der Waals surface area contributed by atoms with E-state index in [1.165, 1.54) is 4.31 Å². The highest BCUT2D eigenvalue weighted by Gasteiger charge is 2.24. The molecule has 1 aliphatic rings. The molecule has 0 bridgehead atoms. The molecule has 0 saturated carbocycles. The van der Waals surface area contributed by atoms with Crippen LogP contribution in [0.3, 0.4) is 0 Å². The second-order valence-corrected chi connectivity index (χ2v) is 6.97. The first-order chi connectivity index (χ1) is 8.30. The third-order valence-electron chi connectivity index (χ3n) is 3.04. The van der Waals surface area contributed by atoms with Gasteiger partial charge in [0.1, 0.15) is 0 Å². The van der Waals surface area contributed by atoms with Crippen LogP contribution in [0.5, 0.6) is 0 Å². The number of carbonyl (C=O) groups excluding carboxylic acids is 1. The topological polar surface area (TPSA) is 60.9 Å². The zero-order chi connectivity index (χ0) is 13.8. The molecule has 18 heavy (non-hydrogen) atoms. The van der Waals surface area contributed by atoms with Gasteiger partial charge in [-0.15, -0.1) is 0 Å². The van der Waals surface area contributed by atoms with E-state index < -0.39 is 10.0 Å². The molecule has 0 unspecified atom stereocenters. The van der Waals surface area contributed by atoms with E-state index in [9.17, 15) is 13.2 Å². The minimum absolute atomic E-state index is 0.0350. The van der Waals surface area contributed by atoms with Crippen LogP contribution in [0.25, 0.3) is 0 Å². The van der Waals surface area contributed by atoms with Crippen LogP contribution < -0.4 is 0 Å². The van der Waals surface area contributed by atoms with Crippen LogP contribution >= 0.6 is 0 Å². The lowest BCUT2D eigenvalue weighted by Crippen LogP contribution is -2.43. The first-order valence-corrected chi connectivity index (χ1v) is 8.03. The van der Waals surface area contributed by atoms with Crippen LogP contribution in [0.15, 0.2) is 0 Å². The number of likely N-dealkylation sites (tertiary alicyclic amines) is 1. The van der Waals surface area contributed by atoms with Crippen molar-refractivity contribution in [1.29, 1.82) is 0 Å². The average Bonchev–Trinajstić information content (AvgIpc) is 2.74. The Labute approximate surface area is 110 Å². The zero-order valence-corrected chi connectivity index (χ0v) is 12.2. The van der Waals surface area contributed by atoms with Gasteiger partial charge in [0.15, 0.2) is 0 Å². The fourth-order valence-electron chi connectivity index (χ4n) is 1.89. The van der Waals surface area contributed by atoms with Crippen molar-refractivity contribution in [1.82, 2.24) is 14.1 Å². The summed E-state index contributed by atoms with van der Waals surface area (Å²) in [5.74, 6) is -0.0864. The van der Waals surface area contributed by atoms with Crippen LogP contribution in [0.2, 0.25) is 0 Å². The smallest absolute Gasteiger partial charge is 0.237 e. The molecule has 0 aromatic heterocycles. The fourth-order valence-corrected chi connectivity index (χ4v) is 2.65. The highest BCUT2D eigenvalue weighted by molar-refractivity contribution is 7.88. The molecule has 0 radical (unpaired) electrons. The Morgan fingerprint density at radius 1 is 1.17 bits per heavy atom. The van der Waals surface area contributed by atoms with Crippen LogP contribution in [0, 0.1) is 0 Å². The van der Waals surface area contributed by atoms with Crippen LogP contribution in [-0.4, -0.2) is 81.5 Å². The van der Waals surface area contributed by atoms with Gasteiger partial charge in [-0.25, -0.2) is 8.42 Å². The van der Waals surface area contributed by atoms with Gasteiger partial charge >= 0.3 is 0 Å². The molecular weight excluding hydrogens is 254 g/mol. The molecule has 1 amide bonds. The van der Waals surface area contributed by atoms with Gasteiger partial charge in [0, 0.05) is 26.2 Å². The maximum Gasteiger partial charge on any atom is 0.237 e. The fraction of sp³-hybridized carbons (Fsp3) is 0.909. The van der Waals surface area contributed by atoms with Gasteiger partial charge in [-0.1, -0.05) is 0 Å². The molecule has 1 aliphatic heterocycles. The Balaban J connectivity index is 2.57. The Kier molecular flexibility index (Phi) is 5.55. The van der Waals surface area contributed by atoms with Crippen LogP contribution in [0.1, 0.15) is 12.8 Å². The molecule has 0 N–H and O–H groups in total. The van der Waals surface area contributed by atoms with Crippen molar-refractivity contribution in [2.24, 2.45) is 0 Å². The second-order valence-electron chi connectivity index (χ2n) is 4.99. The van der Waals surface area contributed by atoms with Gasteiger partial charge in [0.25, 0.3) is 0 Å². The lowest BCUT2D eigenvalue weighted by atomic mass is 10.4. The van der Waals surface area contributed by atoms with E-state index in [2.05, 4.69) is 0 Å². The van der Waals surface area contributed by atoms with Gasteiger partial charge in [0.05, 0.1) is 12.8 Å². The van der Waals surface area contributed by atoms with E-state index in [0.29, 0.717) is 13.1 Å². The van der Waals surface area contributed by atoms with Crippen molar-refractivity contribution >= 4 is 15.9 Å². The summed E-state index contributed by atoms with van der Waals surface area (Å²) in [6.07, 6.45) is 3.19. The minimum atomic E-state index is -3.33. The van der Waals surface area contributed by atoms with Crippen molar-refractivity contribution < 1.29 is 13.2 Å². The molecule has 1 fully saturated rings. The Morgan fingerprint density at radius 3 is 2.17 bits per heavy atom. The summed E-state index contributed by atoms with van der Waals surface area (Å²) in [6.45, 7) is 2.44. The van der Waals surface area contributed by atoms with Crippen molar-refractivity contribution in [3.63, 3.8) is 0 Å². The van der Waals surface area contributed by atoms with Crippen molar-refractivity contribution in [3.8, 4) is 0 Å². The van der Waals surface area contributed by atoms with Crippen molar-refractivity contribution in [2.45, 2.75) is 12.8 Å². The number of rotatable bonds is 6. The first-order valence-electron chi connectivity index (χ1n) is 6.18. The minimum Gasteiger partial charge on any atom is -0.342 e. The second kappa shape index (κ2) is 6.49. The monoisotopic (exact) mass is 277 g/mol. The molecule has 0 aromatic rings. The Hall–Kier alpha value is -0.660. The third-order valence-corrected chi connectivity index (χ3v) is 4.29. The highest BCUT2D eigenvalue weighted by atomic mass is 32.2. The van der Waals surface area contributed by atoms with E-state index in [1.807, 2.05) is 19.0 Å². The van der Waals surface area contributed by atoms with E-state index in [0.717, 1.165) is 32.2 Å². The number of carbonyl (C=O) groups is 1. The van der Waals surface area contributed by atoms with Crippen LogP contribution in [0.4, 0.5) is 0 Å². The number of nitrogens with zero attached hydrogens (tertiary/aromatic N) is 3. The average molecular weight is 277 g/mol. The Morgan fingerprint density at radius 2 is 1.72 bits per heavy atom. The number of hydrogen-bond donors (Lipinski definition) is 0. The number of sulfonamides is 1. The summed E-state index contributed by atoms with van der Waals surface area (Å²) in [7, 11) is 0.429. The standard InChI is InChI=1S/C11H23N3O3S/c1-12(2)8-9-14(18(3,16)17)10-11(15)13-6-4-5-7-13/h4-10H2,1-3H3. The van der Waals surface area contributed by atoms with E-state index in [-0.39, 0.29) is 12.5 Å². The summed E-state index contributed by atoms with van der Waals surface area (Å²) in [5.41, 5.74) is 0. The molecule has 0 atom stereocenters. The summed E-state index contributed by atoms with van der Waals surface area (Å²) in [5, 5.41) is 0. The molecule has 0 spiro atoms. The molecular formula is C11H23N3O3S. The van der Waals surface area contributed by atoms with Gasteiger partial charge < -0.3 is 9.80 Å². The lowest BCUT2D eigenvalue weighted by Gasteiger charge is -2.24. The quantitative estimate of drug-likeness (QED) is 0.652. The van der Waals surface area contributed by atoms with E-state index >= 15 is 0 Å². The molecule has 1 saturated heterocycles. The predicted molar refractivity (Wildman–Crippen MR) is 70.8 cm³/mol. The van der Waals surface area contributed by atoms with Crippen molar-refractivity contribution in [3.05, 3.63) is 0 Å². The van der Waals surface area contributed by atoms with Crippen molar-refractivity contribution in [2.75, 3.05) is 53.1 Å². The summed E-state index contributed by atoms with van der Waals surface area (Å²) in [6, 6.07) is 0. The summed E-state index contributed by atoms with van der Waals surface area (Å²) < 4.78 is 24.5. The lowest BCUT2D eigenvalue weighted by molar-refractivity contribution is -0.130. The van der Waals surface area contributed by atoms with Gasteiger partial charge in [-0.2, -0.15) is 4.31 Å². The van der Waals surface area contributed by atoms with E-state index in [4.69, 9.17) is 0 Å². The molecule has 106 valence electrons. The molecule has 1 rings (SSSR count). The largest absolute Gasteiger partial charge is 0.342 e. The highest BCUT2D eigenvalue weighted by Crippen LogP contribution is 2.09. The molecule has 0 aliphatic carbocycles. The number of hydrogen-bond acceptors (Lipinski definition) is 4. The molecule has 0 aromatic carbocycles. The van der Waals surface area contributed by atoms with Gasteiger partial charge in [-0.05, 0) is 26.9 Å². The molecule has 7 heteroatoms. The molecule has 1 heterocycles. The Bertz CT molecular complexity index is 375. The predicted octanol–water partition coefficient (Wildman–Crippen LogP) is -0.568. The third kappa shape index (κ3) is 4.91. The molecule has 6 nitrogen and oxygen atoms in total. The SMILES string of the molecule is CN(C)CCN(CC(=O)N1CCCC1)S(C)(=O)=O. The first kappa shape index (κ1) is 15.4. The van der Waals surface area contributed by atoms with Gasteiger partial charge in [0.2, 0.25) is 15.9 Å². The number of amides is 1.